The first-order valence-corrected chi connectivity index (χ1v) is 11.9. The fourth-order valence-electron chi connectivity index (χ4n) is 3.93. The summed E-state index contributed by atoms with van der Waals surface area (Å²) in [5.41, 5.74) is -0.0941. The van der Waals surface area contributed by atoms with Gasteiger partial charge in [0.25, 0.3) is 5.91 Å². The fourth-order valence-corrected chi connectivity index (χ4v) is 5.36. The van der Waals surface area contributed by atoms with Gasteiger partial charge in [-0.25, -0.2) is 0 Å². The van der Waals surface area contributed by atoms with E-state index in [0.717, 1.165) is 25.0 Å². The third-order valence-corrected chi connectivity index (χ3v) is 7.22. The number of nitrogens with zero attached hydrogens (tertiary/aromatic N) is 1. The van der Waals surface area contributed by atoms with E-state index in [9.17, 15) is 22.8 Å². The van der Waals surface area contributed by atoms with Gasteiger partial charge in [-0.15, -0.1) is 11.8 Å². The van der Waals surface area contributed by atoms with Crippen molar-refractivity contribution in [2.45, 2.75) is 36.5 Å². The average molecular weight is 511 g/mol. The van der Waals surface area contributed by atoms with Crippen molar-refractivity contribution in [1.29, 1.82) is 0 Å². The summed E-state index contributed by atoms with van der Waals surface area (Å²) in [6.07, 6.45) is -2.71. The van der Waals surface area contributed by atoms with Crippen LogP contribution < -0.4 is 19.5 Å². The summed E-state index contributed by atoms with van der Waals surface area (Å²) in [6.45, 7) is 0. The van der Waals surface area contributed by atoms with Crippen molar-refractivity contribution in [3.8, 4) is 17.2 Å². The molecule has 11 heteroatoms. The summed E-state index contributed by atoms with van der Waals surface area (Å²) < 4.78 is 55.2. The second-order valence-electron chi connectivity index (χ2n) is 8.23. The first-order chi connectivity index (χ1) is 16.7. The van der Waals surface area contributed by atoms with E-state index < -0.39 is 29.1 Å². The zero-order valence-electron chi connectivity index (χ0n) is 19.3. The van der Waals surface area contributed by atoms with E-state index in [1.165, 1.54) is 62.3 Å². The third-order valence-electron chi connectivity index (χ3n) is 5.90. The van der Waals surface area contributed by atoms with E-state index >= 15 is 0 Å². The van der Waals surface area contributed by atoms with E-state index in [-0.39, 0.29) is 29.0 Å². The van der Waals surface area contributed by atoms with Crippen molar-refractivity contribution in [1.82, 2.24) is 10.2 Å². The lowest BCUT2D eigenvalue weighted by Gasteiger charge is -2.29. The van der Waals surface area contributed by atoms with E-state index in [1.54, 1.807) is 0 Å². The molecule has 0 bridgehead atoms. The van der Waals surface area contributed by atoms with Gasteiger partial charge < -0.3 is 24.4 Å². The Kier molecular flexibility index (Phi) is 7.07. The van der Waals surface area contributed by atoms with Crippen LogP contribution in [0.25, 0.3) is 0 Å². The smallest absolute Gasteiger partial charge is 0.416 e. The first-order valence-electron chi connectivity index (χ1n) is 10.9. The third kappa shape index (κ3) is 5.14. The molecule has 1 aliphatic carbocycles. The molecule has 0 spiro atoms. The maximum absolute atomic E-state index is 13.8. The maximum atomic E-state index is 13.8. The first kappa shape index (κ1) is 25.0. The standard InChI is InChI=1S/C24H25F3N2O5S/c1-32-18-10-14(11-19(33-2)20(18)34-3)22(31)29-17(21(30)28-16-8-9-16)12-35-23(29)13-4-6-15(7-5-13)24(25,26)27/h4-7,10-11,16-17,23H,8-9,12H2,1-3H3,(H,28,30). The number of thioether (sulfide) groups is 1. The molecule has 2 aromatic carbocycles. The number of halogens is 3. The lowest BCUT2D eigenvalue weighted by Crippen LogP contribution is -2.48. The number of carbonyl (C=O) groups excluding carboxylic acids is 2. The molecule has 2 aromatic rings. The van der Waals surface area contributed by atoms with Crippen LogP contribution in [0.1, 0.15) is 39.7 Å². The Labute approximate surface area is 204 Å². The molecule has 1 N–H and O–H groups in total. The molecule has 0 aromatic heterocycles. The quantitative estimate of drug-likeness (QED) is 0.600. The van der Waals surface area contributed by atoms with Gasteiger partial charge in [0.05, 0.1) is 26.9 Å². The number of hydrogen-bond acceptors (Lipinski definition) is 6. The Balaban J connectivity index is 1.72. The molecule has 2 aliphatic rings. The van der Waals surface area contributed by atoms with Crippen LogP contribution in [0.15, 0.2) is 36.4 Å². The molecule has 188 valence electrons. The molecule has 1 aliphatic heterocycles. The lowest BCUT2D eigenvalue weighted by atomic mass is 10.1. The molecule has 1 heterocycles. The van der Waals surface area contributed by atoms with Gasteiger partial charge in [0.15, 0.2) is 11.5 Å². The molecule has 2 unspecified atom stereocenters. The molecule has 2 amide bonds. The van der Waals surface area contributed by atoms with Gasteiger partial charge >= 0.3 is 6.18 Å². The van der Waals surface area contributed by atoms with Gasteiger partial charge in [-0.05, 0) is 42.7 Å². The number of hydrogen-bond donors (Lipinski definition) is 1. The molecule has 4 rings (SSSR count). The summed E-state index contributed by atoms with van der Waals surface area (Å²) in [5.74, 6) is 0.398. The van der Waals surface area contributed by atoms with Crippen molar-refractivity contribution in [3.05, 3.63) is 53.1 Å². The van der Waals surface area contributed by atoms with Crippen LogP contribution in [-0.4, -0.2) is 55.9 Å². The second-order valence-corrected chi connectivity index (χ2v) is 9.34. The van der Waals surface area contributed by atoms with Crippen LogP contribution >= 0.6 is 11.8 Å². The molecular weight excluding hydrogens is 485 g/mol. The van der Waals surface area contributed by atoms with Crippen LogP contribution in [0.5, 0.6) is 17.2 Å². The van der Waals surface area contributed by atoms with Crippen molar-refractivity contribution >= 4 is 23.6 Å². The van der Waals surface area contributed by atoms with E-state index in [2.05, 4.69) is 5.32 Å². The normalized spacial score (nSPS) is 19.9. The van der Waals surface area contributed by atoms with E-state index in [4.69, 9.17) is 14.2 Å². The predicted octanol–water partition coefficient (Wildman–Crippen LogP) is 4.27. The molecule has 0 radical (unpaired) electrons. The van der Waals surface area contributed by atoms with Gasteiger partial charge in [0.2, 0.25) is 11.7 Å². The zero-order valence-corrected chi connectivity index (χ0v) is 20.2. The van der Waals surface area contributed by atoms with E-state index in [0.29, 0.717) is 17.1 Å². The Morgan fingerprint density at radius 1 is 1.00 bits per heavy atom. The highest BCUT2D eigenvalue weighted by Gasteiger charge is 2.44. The number of rotatable bonds is 7. The molecule has 1 saturated heterocycles. The molecular formula is C24H25F3N2O5S. The van der Waals surface area contributed by atoms with Crippen LogP contribution in [-0.2, 0) is 11.0 Å². The Morgan fingerprint density at radius 3 is 2.09 bits per heavy atom. The number of methoxy groups -OCH3 is 3. The van der Waals surface area contributed by atoms with Crippen molar-refractivity contribution in [3.63, 3.8) is 0 Å². The van der Waals surface area contributed by atoms with Crippen LogP contribution in [0.2, 0.25) is 0 Å². The summed E-state index contributed by atoms with van der Waals surface area (Å²) in [6, 6.07) is 6.94. The van der Waals surface area contributed by atoms with Gasteiger partial charge in [-0.3, -0.25) is 9.59 Å². The highest BCUT2D eigenvalue weighted by Crippen LogP contribution is 2.45. The van der Waals surface area contributed by atoms with Crippen molar-refractivity contribution in [2.24, 2.45) is 0 Å². The lowest BCUT2D eigenvalue weighted by molar-refractivity contribution is -0.137. The Bertz CT molecular complexity index is 1080. The molecule has 1 saturated carbocycles. The van der Waals surface area contributed by atoms with E-state index in [1.807, 2.05) is 0 Å². The van der Waals surface area contributed by atoms with Gasteiger partial charge in [-0.2, -0.15) is 13.2 Å². The SMILES string of the molecule is COc1cc(C(=O)N2C(C(=O)NC3CC3)CSC2c2ccc(C(F)(F)F)cc2)cc(OC)c1OC. The van der Waals surface area contributed by atoms with Gasteiger partial charge in [0, 0.05) is 17.4 Å². The molecule has 2 atom stereocenters. The minimum atomic E-state index is -4.47. The molecule has 2 fully saturated rings. The average Bonchev–Trinajstić information content (AvgIpc) is 3.55. The number of ether oxygens (including phenoxy) is 3. The monoisotopic (exact) mass is 510 g/mol. The van der Waals surface area contributed by atoms with Crippen LogP contribution in [0.3, 0.4) is 0 Å². The predicted molar refractivity (Wildman–Crippen MR) is 124 cm³/mol. The van der Waals surface area contributed by atoms with Gasteiger partial charge in [0.1, 0.15) is 11.4 Å². The second kappa shape index (κ2) is 9.88. The topological polar surface area (TPSA) is 77.1 Å². The highest BCUT2D eigenvalue weighted by molar-refractivity contribution is 7.99. The fraction of sp³-hybridized carbons (Fsp3) is 0.417. The molecule has 35 heavy (non-hydrogen) atoms. The number of carbonyl (C=O) groups is 2. The summed E-state index contributed by atoms with van der Waals surface area (Å²) >= 11 is 1.33. The number of alkyl halides is 3. The zero-order chi connectivity index (χ0) is 25.3. The summed E-state index contributed by atoms with van der Waals surface area (Å²) in [7, 11) is 4.29. The Morgan fingerprint density at radius 2 is 1.60 bits per heavy atom. The van der Waals surface area contributed by atoms with Crippen LogP contribution in [0.4, 0.5) is 13.2 Å². The summed E-state index contributed by atoms with van der Waals surface area (Å²) in [5, 5.41) is 2.28. The minimum absolute atomic E-state index is 0.0933. The minimum Gasteiger partial charge on any atom is -0.493 e. The maximum Gasteiger partial charge on any atom is 0.416 e. The number of benzene rings is 2. The van der Waals surface area contributed by atoms with Crippen molar-refractivity contribution < 1.29 is 37.0 Å². The number of nitrogens with one attached hydrogen (secondary N) is 1. The van der Waals surface area contributed by atoms with Crippen molar-refractivity contribution in [2.75, 3.05) is 27.1 Å². The largest absolute Gasteiger partial charge is 0.493 e. The molecule has 7 nitrogen and oxygen atoms in total. The Hall–Kier alpha value is -3.08. The van der Waals surface area contributed by atoms with Gasteiger partial charge in [-0.1, -0.05) is 12.1 Å². The highest BCUT2D eigenvalue weighted by atomic mass is 32.2. The summed E-state index contributed by atoms with van der Waals surface area (Å²) in [4.78, 5) is 28.2. The number of amides is 2. The van der Waals surface area contributed by atoms with Crippen LogP contribution in [0, 0.1) is 0 Å².